The van der Waals surface area contributed by atoms with Gasteiger partial charge in [-0.05, 0) is 42.6 Å². The standard InChI is InChI=1S/C19H21Cl2FN2O2S/c20-18(21)19(26)24-14(10-22)17(25)12-5-3-11(4-6-12)15-7-8-16(27-15)13-2-1-9-23-13/h3-8,13-14,17-18,23,25H,1-2,9-10H2,(H,24,26)/t13?,14-,17+/m1/s1. The van der Waals surface area contributed by atoms with Crippen molar-refractivity contribution >= 4 is 40.4 Å². The maximum absolute atomic E-state index is 13.2. The number of nitrogens with one attached hydrogen (secondary N) is 2. The molecule has 0 saturated carbocycles. The van der Waals surface area contributed by atoms with Crippen LogP contribution in [0.5, 0.6) is 0 Å². The van der Waals surface area contributed by atoms with Crippen LogP contribution in [-0.4, -0.2) is 35.1 Å². The molecule has 3 N–H and O–H groups in total. The second-order valence-electron chi connectivity index (χ2n) is 6.49. The van der Waals surface area contributed by atoms with Crippen molar-refractivity contribution in [3.05, 3.63) is 46.8 Å². The van der Waals surface area contributed by atoms with E-state index >= 15 is 0 Å². The summed E-state index contributed by atoms with van der Waals surface area (Å²) < 4.78 is 13.2. The largest absolute Gasteiger partial charge is 0.386 e. The molecule has 1 aliphatic rings. The molecule has 0 spiro atoms. The van der Waals surface area contributed by atoms with Gasteiger partial charge in [0.05, 0.1) is 6.04 Å². The number of aliphatic hydroxyl groups excluding tert-OH is 1. The van der Waals surface area contributed by atoms with Crippen LogP contribution < -0.4 is 10.6 Å². The molecule has 0 aliphatic carbocycles. The summed E-state index contributed by atoms with van der Waals surface area (Å²) in [7, 11) is 0. The molecule has 27 heavy (non-hydrogen) atoms. The Balaban J connectivity index is 1.69. The maximum Gasteiger partial charge on any atom is 0.253 e. The molecule has 1 amide bonds. The molecule has 146 valence electrons. The van der Waals surface area contributed by atoms with Crippen LogP contribution in [0, 0.1) is 0 Å². The Hall–Kier alpha value is -1.18. The first-order valence-electron chi connectivity index (χ1n) is 8.75. The SMILES string of the molecule is O=C(N[C@H](CF)[C@@H](O)c1ccc(-c2ccc(C3CCCN3)s2)cc1)C(Cl)Cl. The molecule has 3 atom stereocenters. The molecule has 1 aromatic carbocycles. The van der Waals surface area contributed by atoms with Crippen LogP contribution in [0.25, 0.3) is 10.4 Å². The van der Waals surface area contributed by atoms with Crippen LogP contribution in [-0.2, 0) is 4.79 Å². The van der Waals surface area contributed by atoms with E-state index in [0.717, 1.165) is 23.4 Å². The summed E-state index contributed by atoms with van der Waals surface area (Å²) in [5.41, 5.74) is 1.54. The number of rotatable bonds is 7. The molecule has 1 unspecified atom stereocenters. The number of benzene rings is 1. The van der Waals surface area contributed by atoms with Crippen LogP contribution in [0.2, 0.25) is 0 Å². The lowest BCUT2D eigenvalue weighted by atomic mass is 10.0. The van der Waals surface area contributed by atoms with Crippen molar-refractivity contribution in [2.75, 3.05) is 13.2 Å². The molecule has 0 radical (unpaired) electrons. The predicted molar refractivity (Wildman–Crippen MR) is 108 cm³/mol. The Morgan fingerprint density at radius 1 is 1.30 bits per heavy atom. The molecule has 1 saturated heterocycles. The normalized spacial score (nSPS) is 19.2. The number of aliphatic hydroxyl groups is 1. The average Bonchev–Trinajstić information content (AvgIpc) is 3.36. The highest BCUT2D eigenvalue weighted by atomic mass is 35.5. The Morgan fingerprint density at radius 3 is 2.63 bits per heavy atom. The first-order valence-corrected chi connectivity index (χ1v) is 10.4. The Morgan fingerprint density at radius 2 is 2.04 bits per heavy atom. The third-order valence-corrected chi connectivity index (χ3v) is 6.28. The lowest BCUT2D eigenvalue weighted by Crippen LogP contribution is -2.43. The molecule has 8 heteroatoms. The summed E-state index contributed by atoms with van der Waals surface area (Å²) in [5, 5.41) is 16.2. The molecular weight excluding hydrogens is 410 g/mol. The van der Waals surface area contributed by atoms with Crippen molar-refractivity contribution in [2.45, 2.75) is 35.9 Å². The molecular formula is C19H21Cl2FN2O2S. The fourth-order valence-corrected chi connectivity index (χ4v) is 4.40. The Labute approximate surface area is 171 Å². The van der Waals surface area contributed by atoms with E-state index in [4.69, 9.17) is 23.2 Å². The van der Waals surface area contributed by atoms with E-state index in [2.05, 4.69) is 22.8 Å². The fraction of sp³-hybridized carbons (Fsp3) is 0.421. The second kappa shape index (κ2) is 9.34. The topological polar surface area (TPSA) is 61.4 Å². The highest BCUT2D eigenvalue weighted by molar-refractivity contribution is 7.15. The molecule has 1 aromatic heterocycles. The van der Waals surface area contributed by atoms with E-state index in [9.17, 15) is 14.3 Å². The number of carbonyl (C=O) groups excluding carboxylic acids is 1. The van der Waals surface area contributed by atoms with Crippen molar-refractivity contribution in [1.29, 1.82) is 0 Å². The predicted octanol–water partition coefficient (Wildman–Crippen LogP) is 4.13. The van der Waals surface area contributed by atoms with Crippen molar-refractivity contribution in [1.82, 2.24) is 10.6 Å². The maximum atomic E-state index is 13.2. The Bertz CT molecular complexity index is 763. The van der Waals surface area contributed by atoms with Gasteiger partial charge in [-0.1, -0.05) is 47.5 Å². The summed E-state index contributed by atoms with van der Waals surface area (Å²) in [6, 6.07) is 10.8. The van der Waals surface area contributed by atoms with Gasteiger partial charge in [-0.15, -0.1) is 11.3 Å². The minimum atomic E-state index is -1.31. The number of amides is 1. The van der Waals surface area contributed by atoms with Crippen LogP contribution in [0.15, 0.2) is 36.4 Å². The molecule has 2 heterocycles. The van der Waals surface area contributed by atoms with Gasteiger partial charge >= 0.3 is 0 Å². The van der Waals surface area contributed by atoms with E-state index in [-0.39, 0.29) is 0 Å². The third-order valence-electron chi connectivity index (χ3n) is 4.64. The number of thiophene rings is 1. The van der Waals surface area contributed by atoms with Gasteiger partial charge in [0, 0.05) is 15.8 Å². The van der Waals surface area contributed by atoms with Gasteiger partial charge in [-0.25, -0.2) is 4.39 Å². The van der Waals surface area contributed by atoms with E-state index < -0.39 is 29.6 Å². The highest BCUT2D eigenvalue weighted by Gasteiger charge is 2.25. The van der Waals surface area contributed by atoms with Crippen molar-refractivity contribution in [3.63, 3.8) is 0 Å². The van der Waals surface area contributed by atoms with Gasteiger partial charge in [0.2, 0.25) is 0 Å². The van der Waals surface area contributed by atoms with Crippen LogP contribution in [0.1, 0.15) is 35.4 Å². The summed E-state index contributed by atoms with van der Waals surface area (Å²) in [4.78, 5) is 12.7. The van der Waals surface area contributed by atoms with Gasteiger partial charge in [0.1, 0.15) is 12.8 Å². The smallest absolute Gasteiger partial charge is 0.253 e. The zero-order valence-electron chi connectivity index (χ0n) is 14.5. The van der Waals surface area contributed by atoms with E-state index in [1.165, 1.54) is 11.3 Å². The number of halogens is 3. The first kappa shape index (κ1) is 20.6. The monoisotopic (exact) mass is 430 g/mol. The zero-order valence-corrected chi connectivity index (χ0v) is 16.8. The van der Waals surface area contributed by atoms with Crippen molar-refractivity contribution in [3.8, 4) is 10.4 Å². The second-order valence-corrected chi connectivity index (χ2v) is 8.70. The molecule has 4 nitrogen and oxygen atoms in total. The highest BCUT2D eigenvalue weighted by Crippen LogP contribution is 2.35. The first-order chi connectivity index (χ1) is 13.0. The summed E-state index contributed by atoms with van der Waals surface area (Å²) >= 11 is 12.7. The lowest BCUT2D eigenvalue weighted by Gasteiger charge is -2.22. The van der Waals surface area contributed by atoms with Crippen LogP contribution in [0.3, 0.4) is 0 Å². The number of hydrogen-bond donors (Lipinski definition) is 3. The van der Waals surface area contributed by atoms with Crippen molar-refractivity contribution < 1.29 is 14.3 Å². The zero-order chi connectivity index (χ0) is 19.4. The van der Waals surface area contributed by atoms with Crippen LogP contribution in [0.4, 0.5) is 4.39 Å². The lowest BCUT2D eigenvalue weighted by molar-refractivity contribution is -0.121. The third kappa shape index (κ3) is 5.00. The number of carbonyl (C=O) groups is 1. The van der Waals surface area contributed by atoms with Gasteiger partial charge < -0.3 is 15.7 Å². The van der Waals surface area contributed by atoms with Gasteiger partial charge in [0.15, 0.2) is 4.84 Å². The van der Waals surface area contributed by atoms with E-state index in [1.807, 2.05) is 12.1 Å². The van der Waals surface area contributed by atoms with Crippen LogP contribution >= 0.6 is 34.5 Å². The molecule has 1 fully saturated rings. The van der Waals surface area contributed by atoms with E-state index in [1.54, 1.807) is 23.5 Å². The number of hydrogen-bond acceptors (Lipinski definition) is 4. The average molecular weight is 431 g/mol. The van der Waals surface area contributed by atoms with Gasteiger partial charge in [0.25, 0.3) is 5.91 Å². The molecule has 2 aromatic rings. The quantitative estimate of drug-likeness (QED) is 0.578. The summed E-state index contributed by atoms with van der Waals surface area (Å²) in [5.74, 6) is -0.733. The van der Waals surface area contributed by atoms with E-state index in [0.29, 0.717) is 11.6 Å². The minimum Gasteiger partial charge on any atom is -0.386 e. The van der Waals surface area contributed by atoms with Gasteiger partial charge in [-0.3, -0.25) is 4.79 Å². The minimum absolute atomic E-state index is 0.437. The summed E-state index contributed by atoms with van der Waals surface area (Å²) in [6.07, 6.45) is 1.17. The molecule has 3 rings (SSSR count). The molecule has 1 aliphatic heterocycles. The van der Waals surface area contributed by atoms with Gasteiger partial charge in [-0.2, -0.15) is 0 Å². The summed E-state index contributed by atoms with van der Waals surface area (Å²) in [6.45, 7) is 0.128. The Kier molecular flexibility index (Phi) is 7.11. The molecule has 0 bridgehead atoms. The van der Waals surface area contributed by atoms with Crippen molar-refractivity contribution in [2.24, 2.45) is 0 Å². The number of alkyl halides is 3. The fourth-order valence-electron chi connectivity index (χ4n) is 3.15.